The fourth-order valence-electron chi connectivity index (χ4n) is 4.13. The minimum atomic E-state index is -0.631. The van der Waals surface area contributed by atoms with E-state index >= 15 is 0 Å². The van der Waals surface area contributed by atoms with Crippen LogP contribution in [0.1, 0.15) is 27.9 Å². The van der Waals surface area contributed by atoms with Gasteiger partial charge in [-0.25, -0.2) is 0 Å². The first kappa shape index (κ1) is 21.8. The maximum Gasteiger partial charge on any atom is 0.251 e. The Morgan fingerprint density at radius 1 is 0.844 bits per heavy atom. The molecule has 1 saturated heterocycles. The van der Waals surface area contributed by atoms with Crippen LogP contribution in [0, 0.1) is 0 Å². The molecule has 0 unspecified atom stereocenters. The third-order valence-corrected chi connectivity index (χ3v) is 5.81. The minimum absolute atomic E-state index is 0.0816. The van der Waals surface area contributed by atoms with Crippen molar-refractivity contribution in [1.29, 1.82) is 0 Å². The van der Waals surface area contributed by atoms with Crippen LogP contribution in [0.3, 0.4) is 0 Å². The van der Waals surface area contributed by atoms with Crippen molar-refractivity contribution in [1.82, 2.24) is 15.5 Å². The number of carbonyl (C=O) groups is 2. The standard InChI is InChI=1S/C27H29N3O2/c31-26(23-14-8-3-9-15-23)29-25(18-21-10-4-1-5-11-21)27(32)28-24-16-17-30(20-24)19-22-12-6-2-7-13-22/h1-15,24-25H,16-20H2,(H,28,32)(H,29,31)/t24-,25+/m1/s1. The highest BCUT2D eigenvalue weighted by atomic mass is 16.2. The molecule has 0 aliphatic carbocycles. The van der Waals surface area contributed by atoms with E-state index in [4.69, 9.17) is 0 Å². The average molecular weight is 428 g/mol. The molecular weight excluding hydrogens is 398 g/mol. The molecule has 164 valence electrons. The van der Waals surface area contributed by atoms with Crippen LogP contribution >= 0.6 is 0 Å². The normalized spacial score (nSPS) is 16.9. The Bertz CT molecular complexity index is 1010. The summed E-state index contributed by atoms with van der Waals surface area (Å²) in [6, 6.07) is 28.6. The van der Waals surface area contributed by atoms with Crippen LogP contribution in [0.5, 0.6) is 0 Å². The topological polar surface area (TPSA) is 61.4 Å². The lowest BCUT2D eigenvalue weighted by atomic mass is 10.0. The summed E-state index contributed by atoms with van der Waals surface area (Å²) in [5.74, 6) is -0.372. The smallest absolute Gasteiger partial charge is 0.251 e. The molecule has 4 rings (SSSR count). The predicted octanol–water partition coefficient (Wildman–Crippen LogP) is 3.42. The van der Waals surface area contributed by atoms with Crippen molar-refractivity contribution < 1.29 is 9.59 Å². The van der Waals surface area contributed by atoms with E-state index < -0.39 is 6.04 Å². The lowest BCUT2D eigenvalue weighted by Gasteiger charge is -2.22. The fourth-order valence-corrected chi connectivity index (χ4v) is 4.13. The second-order valence-electron chi connectivity index (χ2n) is 8.30. The van der Waals surface area contributed by atoms with Gasteiger partial charge in [0.05, 0.1) is 0 Å². The maximum atomic E-state index is 13.2. The van der Waals surface area contributed by atoms with Gasteiger partial charge < -0.3 is 10.6 Å². The molecule has 1 aliphatic rings. The van der Waals surface area contributed by atoms with Gasteiger partial charge in [-0.15, -0.1) is 0 Å². The van der Waals surface area contributed by atoms with E-state index in [9.17, 15) is 9.59 Å². The second-order valence-corrected chi connectivity index (χ2v) is 8.30. The van der Waals surface area contributed by atoms with E-state index in [1.807, 2.05) is 66.7 Å². The van der Waals surface area contributed by atoms with E-state index in [1.54, 1.807) is 12.1 Å². The van der Waals surface area contributed by atoms with Crippen LogP contribution in [-0.2, 0) is 17.8 Å². The van der Waals surface area contributed by atoms with Crippen molar-refractivity contribution in [2.24, 2.45) is 0 Å². The summed E-state index contributed by atoms with van der Waals surface area (Å²) < 4.78 is 0. The number of hydrogen-bond donors (Lipinski definition) is 2. The van der Waals surface area contributed by atoms with Crippen LogP contribution in [0.15, 0.2) is 91.0 Å². The SMILES string of the molecule is O=C(N[C@@H](Cc1ccccc1)C(=O)N[C@@H]1CCN(Cc2ccccc2)C1)c1ccccc1. The van der Waals surface area contributed by atoms with Crippen molar-refractivity contribution in [3.8, 4) is 0 Å². The van der Waals surface area contributed by atoms with Crippen molar-refractivity contribution in [3.05, 3.63) is 108 Å². The molecule has 1 aliphatic heterocycles. The number of amides is 2. The molecule has 0 aromatic heterocycles. The molecule has 32 heavy (non-hydrogen) atoms. The highest BCUT2D eigenvalue weighted by Crippen LogP contribution is 2.14. The molecular formula is C27H29N3O2. The molecule has 0 bridgehead atoms. The largest absolute Gasteiger partial charge is 0.350 e. The Morgan fingerprint density at radius 3 is 2.09 bits per heavy atom. The molecule has 5 nitrogen and oxygen atoms in total. The number of carbonyl (C=O) groups excluding carboxylic acids is 2. The van der Waals surface area contributed by atoms with Gasteiger partial charge in [0, 0.05) is 37.7 Å². The highest BCUT2D eigenvalue weighted by molar-refractivity contribution is 5.97. The first-order valence-corrected chi connectivity index (χ1v) is 11.1. The molecule has 2 N–H and O–H groups in total. The van der Waals surface area contributed by atoms with Gasteiger partial charge in [-0.1, -0.05) is 78.9 Å². The monoisotopic (exact) mass is 427 g/mol. The molecule has 3 aromatic rings. The number of nitrogens with one attached hydrogen (secondary N) is 2. The van der Waals surface area contributed by atoms with Crippen LogP contribution in [0.25, 0.3) is 0 Å². The zero-order valence-electron chi connectivity index (χ0n) is 18.1. The summed E-state index contributed by atoms with van der Waals surface area (Å²) in [6.45, 7) is 2.64. The van der Waals surface area contributed by atoms with E-state index in [2.05, 4.69) is 27.7 Å². The van der Waals surface area contributed by atoms with Gasteiger partial charge in [0.15, 0.2) is 0 Å². The Kier molecular flexibility index (Phi) is 7.31. The van der Waals surface area contributed by atoms with Crippen LogP contribution in [0.4, 0.5) is 0 Å². The summed E-state index contributed by atoms with van der Waals surface area (Å²) in [4.78, 5) is 28.3. The van der Waals surface area contributed by atoms with Crippen molar-refractivity contribution in [2.45, 2.75) is 31.5 Å². The summed E-state index contributed by atoms with van der Waals surface area (Å²) in [6.07, 6.45) is 1.36. The van der Waals surface area contributed by atoms with Gasteiger partial charge in [0.1, 0.15) is 6.04 Å². The Labute approximate surface area is 189 Å². The van der Waals surface area contributed by atoms with Gasteiger partial charge in [-0.3, -0.25) is 14.5 Å². The number of nitrogens with zero attached hydrogens (tertiary/aromatic N) is 1. The molecule has 0 radical (unpaired) electrons. The van der Waals surface area contributed by atoms with E-state index in [0.717, 1.165) is 31.6 Å². The third-order valence-electron chi connectivity index (χ3n) is 5.81. The Morgan fingerprint density at radius 2 is 1.44 bits per heavy atom. The number of hydrogen-bond acceptors (Lipinski definition) is 3. The molecule has 2 atom stereocenters. The summed E-state index contributed by atoms with van der Waals surface area (Å²) in [5.41, 5.74) is 2.84. The molecule has 3 aromatic carbocycles. The van der Waals surface area contributed by atoms with Crippen molar-refractivity contribution in [3.63, 3.8) is 0 Å². The summed E-state index contributed by atoms with van der Waals surface area (Å²) >= 11 is 0. The maximum absolute atomic E-state index is 13.2. The minimum Gasteiger partial charge on any atom is -0.350 e. The first-order valence-electron chi connectivity index (χ1n) is 11.1. The first-order chi connectivity index (χ1) is 15.7. The second kappa shape index (κ2) is 10.7. The zero-order chi connectivity index (χ0) is 22.2. The van der Waals surface area contributed by atoms with Gasteiger partial charge in [0.2, 0.25) is 5.91 Å². The summed E-state index contributed by atoms with van der Waals surface area (Å²) in [7, 11) is 0. The molecule has 2 amide bonds. The van der Waals surface area contributed by atoms with Gasteiger partial charge in [-0.2, -0.15) is 0 Å². The quantitative estimate of drug-likeness (QED) is 0.579. The predicted molar refractivity (Wildman–Crippen MR) is 126 cm³/mol. The third kappa shape index (κ3) is 6.05. The fraction of sp³-hybridized carbons (Fsp3) is 0.259. The highest BCUT2D eigenvalue weighted by Gasteiger charge is 2.28. The van der Waals surface area contributed by atoms with Crippen LogP contribution < -0.4 is 10.6 Å². The van der Waals surface area contributed by atoms with Gasteiger partial charge in [0.25, 0.3) is 5.91 Å². The molecule has 0 spiro atoms. The van der Waals surface area contributed by atoms with E-state index in [0.29, 0.717) is 12.0 Å². The van der Waals surface area contributed by atoms with Crippen LogP contribution in [0.2, 0.25) is 0 Å². The Balaban J connectivity index is 1.39. The average Bonchev–Trinajstić information content (AvgIpc) is 3.27. The number of likely N-dealkylation sites (tertiary alicyclic amines) is 1. The van der Waals surface area contributed by atoms with Crippen molar-refractivity contribution in [2.75, 3.05) is 13.1 Å². The van der Waals surface area contributed by atoms with Crippen molar-refractivity contribution >= 4 is 11.8 Å². The van der Waals surface area contributed by atoms with E-state index in [1.165, 1.54) is 5.56 Å². The lowest BCUT2D eigenvalue weighted by molar-refractivity contribution is -0.123. The van der Waals surface area contributed by atoms with Gasteiger partial charge in [-0.05, 0) is 29.7 Å². The molecule has 0 saturated carbocycles. The summed E-state index contributed by atoms with van der Waals surface area (Å²) in [5, 5.41) is 6.12. The zero-order valence-corrected chi connectivity index (χ0v) is 18.1. The molecule has 5 heteroatoms. The molecule has 1 heterocycles. The lowest BCUT2D eigenvalue weighted by Crippen LogP contribution is -2.51. The van der Waals surface area contributed by atoms with Crippen LogP contribution in [-0.4, -0.2) is 41.9 Å². The Hall–Kier alpha value is -3.44. The van der Waals surface area contributed by atoms with E-state index in [-0.39, 0.29) is 17.9 Å². The number of rotatable bonds is 8. The molecule has 1 fully saturated rings. The number of benzene rings is 3. The van der Waals surface area contributed by atoms with Gasteiger partial charge >= 0.3 is 0 Å².